The summed E-state index contributed by atoms with van der Waals surface area (Å²) >= 11 is 3.26. The van der Waals surface area contributed by atoms with Crippen LogP contribution in [-0.2, 0) is 0 Å². The Morgan fingerprint density at radius 2 is 1.83 bits per heavy atom. The molecule has 3 heterocycles. The lowest BCUT2D eigenvalue weighted by Crippen LogP contribution is -2.48. The Morgan fingerprint density at radius 1 is 1.12 bits per heavy atom. The van der Waals surface area contributed by atoms with Gasteiger partial charge in [0, 0.05) is 44.0 Å². The van der Waals surface area contributed by atoms with Crippen LogP contribution in [0.5, 0.6) is 0 Å². The summed E-state index contributed by atoms with van der Waals surface area (Å²) < 4.78 is 19.1. The standard InChI is InChI=1S/C17H15BrFN3O2/c18-16-10-13-15(24-16)9-14(20-13)17(23)22-7-5-21(6-8-22)12-3-1-11(19)2-4-12/h1-4,9-10,20H,5-8H2. The lowest BCUT2D eigenvalue weighted by Gasteiger charge is -2.36. The summed E-state index contributed by atoms with van der Waals surface area (Å²) in [6.45, 7) is 2.69. The maximum atomic E-state index is 13.0. The van der Waals surface area contributed by atoms with E-state index in [1.165, 1.54) is 12.1 Å². The van der Waals surface area contributed by atoms with Crippen molar-refractivity contribution in [2.45, 2.75) is 0 Å². The van der Waals surface area contributed by atoms with E-state index in [9.17, 15) is 9.18 Å². The molecule has 7 heteroatoms. The van der Waals surface area contributed by atoms with Gasteiger partial charge in [0.1, 0.15) is 11.5 Å². The SMILES string of the molecule is O=C(c1cc2oc(Br)cc2[nH]1)N1CCN(c2ccc(F)cc2)CC1. The molecule has 4 rings (SSSR count). The molecule has 0 bridgehead atoms. The number of amides is 1. The first-order chi connectivity index (χ1) is 11.6. The molecular weight excluding hydrogens is 377 g/mol. The van der Waals surface area contributed by atoms with Crippen molar-refractivity contribution in [3.8, 4) is 0 Å². The maximum Gasteiger partial charge on any atom is 0.270 e. The Bertz CT molecular complexity index is 848. The summed E-state index contributed by atoms with van der Waals surface area (Å²) in [5, 5.41) is 0. The van der Waals surface area contributed by atoms with E-state index in [0.29, 0.717) is 29.0 Å². The summed E-state index contributed by atoms with van der Waals surface area (Å²) in [6, 6.07) is 9.99. The summed E-state index contributed by atoms with van der Waals surface area (Å²) in [4.78, 5) is 19.7. The van der Waals surface area contributed by atoms with Crippen molar-refractivity contribution in [2.24, 2.45) is 0 Å². The molecule has 0 spiro atoms. The quantitative estimate of drug-likeness (QED) is 0.725. The first kappa shape index (κ1) is 15.3. The zero-order valence-corrected chi connectivity index (χ0v) is 14.3. The van der Waals surface area contributed by atoms with E-state index in [1.807, 2.05) is 4.90 Å². The van der Waals surface area contributed by atoms with Gasteiger partial charge in [-0.15, -0.1) is 0 Å². The number of fused-ring (bicyclic) bond motifs is 1. The number of hydrogen-bond donors (Lipinski definition) is 1. The Hall–Kier alpha value is -2.28. The predicted octanol–water partition coefficient (Wildman–Crippen LogP) is 3.62. The molecule has 0 radical (unpaired) electrons. The van der Waals surface area contributed by atoms with Crippen molar-refractivity contribution in [3.05, 3.63) is 52.6 Å². The van der Waals surface area contributed by atoms with Crippen molar-refractivity contribution < 1.29 is 13.6 Å². The van der Waals surface area contributed by atoms with Gasteiger partial charge in [0.05, 0.1) is 5.52 Å². The average molecular weight is 392 g/mol. The Labute approximate surface area is 146 Å². The van der Waals surface area contributed by atoms with E-state index < -0.39 is 0 Å². The van der Waals surface area contributed by atoms with E-state index >= 15 is 0 Å². The van der Waals surface area contributed by atoms with Gasteiger partial charge in [0.15, 0.2) is 10.3 Å². The van der Waals surface area contributed by atoms with E-state index in [1.54, 1.807) is 24.3 Å². The molecule has 1 aliphatic heterocycles. The highest BCUT2D eigenvalue weighted by Crippen LogP contribution is 2.25. The number of carbonyl (C=O) groups excluding carboxylic acids is 1. The van der Waals surface area contributed by atoms with Crippen LogP contribution in [0.15, 0.2) is 45.5 Å². The topological polar surface area (TPSA) is 52.5 Å². The number of benzene rings is 1. The minimum Gasteiger partial charge on any atom is -0.448 e. The molecule has 3 aromatic rings. The van der Waals surface area contributed by atoms with Crippen LogP contribution in [0.25, 0.3) is 11.1 Å². The lowest BCUT2D eigenvalue weighted by atomic mass is 10.2. The summed E-state index contributed by atoms with van der Waals surface area (Å²) in [6.07, 6.45) is 0. The fourth-order valence-corrected chi connectivity index (χ4v) is 3.40. The number of nitrogens with zero attached hydrogens (tertiary/aromatic N) is 2. The van der Waals surface area contributed by atoms with E-state index in [4.69, 9.17) is 4.42 Å². The van der Waals surface area contributed by atoms with Crippen molar-refractivity contribution in [1.29, 1.82) is 0 Å². The average Bonchev–Trinajstić information content (AvgIpc) is 3.12. The van der Waals surface area contributed by atoms with Gasteiger partial charge in [-0.1, -0.05) is 0 Å². The highest BCUT2D eigenvalue weighted by Gasteiger charge is 2.24. The molecule has 1 saturated heterocycles. The fourth-order valence-electron chi connectivity index (χ4n) is 3.00. The van der Waals surface area contributed by atoms with Gasteiger partial charge in [0.2, 0.25) is 0 Å². The number of aromatic amines is 1. The smallest absolute Gasteiger partial charge is 0.270 e. The number of halogens is 2. The molecular formula is C17H15BrFN3O2. The number of nitrogens with one attached hydrogen (secondary N) is 1. The second-order valence-electron chi connectivity index (χ2n) is 5.77. The number of H-pyrrole nitrogens is 1. The second kappa shape index (κ2) is 5.98. The molecule has 1 aliphatic rings. The fraction of sp³-hybridized carbons (Fsp3) is 0.235. The van der Waals surface area contributed by atoms with Crippen molar-refractivity contribution in [1.82, 2.24) is 9.88 Å². The minimum atomic E-state index is -0.240. The van der Waals surface area contributed by atoms with Gasteiger partial charge in [-0.05, 0) is 40.2 Å². The molecule has 1 amide bonds. The largest absolute Gasteiger partial charge is 0.448 e. The first-order valence-corrected chi connectivity index (χ1v) is 8.47. The zero-order chi connectivity index (χ0) is 16.7. The minimum absolute atomic E-state index is 0.0312. The van der Waals surface area contributed by atoms with E-state index in [-0.39, 0.29) is 11.7 Å². The van der Waals surface area contributed by atoms with Gasteiger partial charge in [-0.3, -0.25) is 4.79 Å². The van der Waals surface area contributed by atoms with Crippen molar-refractivity contribution in [2.75, 3.05) is 31.1 Å². The Kier molecular flexibility index (Phi) is 3.80. The molecule has 24 heavy (non-hydrogen) atoms. The zero-order valence-electron chi connectivity index (χ0n) is 12.8. The summed E-state index contributed by atoms with van der Waals surface area (Å²) in [7, 11) is 0. The molecule has 0 saturated carbocycles. The van der Waals surface area contributed by atoms with Crippen LogP contribution >= 0.6 is 15.9 Å². The molecule has 1 N–H and O–H groups in total. The first-order valence-electron chi connectivity index (χ1n) is 7.68. The van der Waals surface area contributed by atoms with Gasteiger partial charge < -0.3 is 19.2 Å². The third-order valence-corrected chi connectivity index (χ3v) is 4.66. The third kappa shape index (κ3) is 2.80. The van der Waals surface area contributed by atoms with Crippen LogP contribution in [0, 0.1) is 5.82 Å². The highest BCUT2D eigenvalue weighted by molar-refractivity contribution is 9.10. The van der Waals surface area contributed by atoms with Crippen LogP contribution < -0.4 is 4.90 Å². The number of furan rings is 1. The molecule has 0 atom stereocenters. The van der Waals surface area contributed by atoms with E-state index in [0.717, 1.165) is 24.3 Å². The van der Waals surface area contributed by atoms with Crippen LogP contribution in [0.1, 0.15) is 10.5 Å². The van der Waals surface area contributed by atoms with Crippen LogP contribution in [0.4, 0.5) is 10.1 Å². The van der Waals surface area contributed by atoms with E-state index in [2.05, 4.69) is 25.8 Å². The monoisotopic (exact) mass is 391 g/mol. The van der Waals surface area contributed by atoms with Gasteiger partial charge in [-0.2, -0.15) is 0 Å². The Balaban J connectivity index is 1.43. The molecule has 0 aliphatic carbocycles. The van der Waals surface area contributed by atoms with Crippen LogP contribution in [-0.4, -0.2) is 42.0 Å². The molecule has 5 nitrogen and oxygen atoms in total. The van der Waals surface area contributed by atoms with Gasteiger partial charge in [0.25, 0.3) is 5.91 Å². The number of piperazine rings is 1. The Morgan fingerprint density at radius 3 is 2.50 bits per heavy atom. The second-order valence-corrected chi connectivity index (χ2v) is 6.55. The van der Waals surface area contributed by atoms with Crippen LogP contribution in [0.3, 0.4) is 0 Å². The highest BCUT2D eigenvalue weighted by atomic mass is 79.9. The number of rotatable bonds is 2. The van der Waals surface area contributed by atoms with Gasteiger partial charge in [-0.25, -0.2) is 4.39 Å². The number of hydrogen-bond acceptors (Lipinski definition) is 3. The van der Waals surface area contributed by atoms with Crippen molar-refractivity contribution >= 4 is 38.6 Å². The number of aromatic nitrogens is 1. The number of anilines is 1. The predicted molar refractivity (Wildman–Crippen MR) is 92.8 cm³/mol. The lowest BCUT2D eigenvalue weighted by molar-refractivity contribution is 0.0742. The molecule has 2 aromatic heterocycles. The third-order valence-electron chi connectivity index (χ3n) is 4.26. The molecule has 1 fully saturated rings. The number of carbonyl (C=O) groups is 1. The molecule has 1 aromatic carbocycles. The maximum absolute atomic E-state index is 13.0. The molecule has 0 unspecified atom stereocenters. The normalized spacial score (nSPS) is 15.2. The molecule has 124 valence electrons. The van der Waals surface area contributed by atoms with Crippen molar-refractivity contribution in [3.63, 3.8) is 0 Å². The summed E-state index contributed by atoms with van der Waals surface area (Å²) in [5.41, 5.74) is 2.97. The summed E-state index contributed by atoms with van der Waals surface area (Å²) in [5.74, 6) is -0.272. The van der Waals surface area contributed by atoms with Gasteiger partial charge >= 0.3 is 0 Å². The van der Waals surface area contributed by atoms with Crippen LogP contribution in [0.2, 0.25) is 0 Å².